The van der Waals surface area contributed by atoms with Crippen molar-refractivity contribution in [1.82, 2.24) is 30.3 Å². The van der Waals surface area contributed by atoms with E-state index in [1.807, 2.05) is 30.7 Å². The van der Waals surface area contributed by atoms with Crippen LogP contribution in [0.5, 0.6) is 0 Å². The fourth-order valence-electron chi connectivity index (χ4n) is 4.12. The molecule has 3 rings (SSSR count). The molecule has 1 fully saturated rings. The second-order valence-corrected chi connectivity index (χ2v) is 8.67. The van der Waals surface area contributed by atoms with Crippen molar-refractivity contribution in [2.24, 2.45) is 12.0 Å². The van der Waals surface area contributed by atoms with Gasteiger partial charge in [0.2, 0.25) is 0 Å². The van der Waals surface area contributed by atoms with E-state index in [0.29, 0.717) is 18.5 Å². The molecule has 1 aliphatic heterocycles. The molecule has 0 bridgehead atoms. The number of rotatable bonds is 9. The van der Waals surface area contributed by atoms with Gasteiger partial charge < -0.3 is 15.2 Å². The summed E-state index contributed by atoms with van der Waals surface area (Å²) in [4.78, 5) is 7.37. The molecule has 0 amide bonds. The zero-order chi connectivity index (χ0) is 22.2. The number of nitrogens with zero attached hydrogens (tertiary/aromatic N) is 5. The number of likely N-dealkylation sites (N-methyl/N-ethyl adjacent to an activating group) is 1. The maximum absolute atomic E-state index is 6.07. The highest BCUT2D eigenvalue weighted by atomic mass is 35.5. The summed E-state index contributed by atoms with van der Waals surface area (Å²) < 4.78 is 1.99. The van der Waals surface area contributed by atoms with Gasteiger partial charge in [-0.2, -0.15) is 0 Å². The predicted octanol–water partition coefficient (Wildman–Crippen LogP) is 3.49. The number of nitrogens with one attached hydrogen (secondary N) is 2. The van der Waals surface area contributed by atoms with Crippen LogP contribution in [-0.2, 0) is 13.6 Å². The Labute approximate surface area is 191 Å². The third kappa shape index (κ3) is 6.43. The predicted molar refractivity (Wildman–Crippen MR) is 128 cm³/mol. The number of aromatic nitrogens is 3. The minimum atomic E-state index is 0.389. The van der Waals surface area contributed by atoms with Gasteiger partial charge in [-0.3, -0.25) is 4.90 Å². The first kappa shape index (κ1) is 23.5. The van der Waals surface area contributed by atoms with Gasteiger partial charge in [0.25, 0.3) is 0 Å². The smallest absolute Gasteiger partial charge is 0.191 e. The average molecular weight is 446 g/mol. The Morgan fingerprint density at radius 2 is 2.00 bits per heavy atom. The number of likely N-dealkylation sites (tertiary alicyclic amines) is 1. The van der Waals surface area contributed by atoms with Crippen LogP contribution in [0, 0.1) is 6.92 Å². The van der Waals surface area contributed by atoms with Crippen molar-refractivity contribution in [3.05, 3.63) is 46.5 Å². The van der Waals surface area contributed by atoms with Crippen LogP contribution in [0.4, 0.5) is 0 Å². The van der Waals surface area contributed by atoms with Gasteiger partial charge in [-0.05, 0) is 57.0 Å². The minimum Gasteiger partial charge on any atom is -0.356 e. The SMILES string of the molecule is CCC(CNC(=NCc1nnc(C)n1C)NCC1CCCN1CC)c1ccc(Cl)cc1. The molecular formula is C23H36ClN7. The average Bonchev–Trinajstić information content (AvgIpc) is 3.37. The zero-order valence-electron chi connectivity index (χ0n) is 19.2. The lowest BCUT2D eigenvalue weighted by molar-refractivity contribution is 0.267. The second-order valence-electron chi connectivity index (χ2n) is 8.23. The van der Waals surface area contributed by atoms with Crippen molar-refractivity contribution in [3.8, 4) is 0 Å². The normalized spacial score (nSPS) is 18.4. The number of hydrogen-bond donors (Lipinski definition) is 2. The highest BCUT2D eigenvalue weighted by Gasteiger charge is 2.23. The summed E-state index contributed by atoms with van der Waals surface area (Å²) in [5.74, 6) is 2.97. The molecule has 2 atom stereocenters. The molecule has 1 saturated heterocycles. The van der Waals surface area contributed by atoms with E-state index in [1.165, 1.54) is 24.9 Å². The maximum Gasteiger partial charge on any atom is 0.191 e. The van der Waals surface area contributed by atoms with Crippen LogP contribution in [-0.4, -0.2) is 57.8 Å². The zero-order valence-corrected chi connectivity index (χ0v) is 20.0. The monoisotopic (exact) mass is 445 g/mol. The van der Waals surface area contributed by atoms with Crippen molar-refractivity contribution >= 4 is 17.6 Å². The van der Waals surface area contributed by atoms with E-state index in [-0.39, 0.29) is 0 Å². The standard InChI is InChI=1S/C23H36ClN7/c1-5-18(19-9-11-20(24)12-10-19)14-25-23(26-15-21-8-7-13-31(21)6-2)27-16-22-29-28-17(3)30(22)4/h9-12,18,21H,5-8,13-16H2,1-4H3,(H2,25,26,27). The third-order valence-corrected chi connectivity index (χ3v) is 6.57. The van der Waals surface area contributed by atoms with Gasteiger partial charge >= 0.3 is 0 Å². The molecule has 0 radical (unpaired) electrons. The Morgan fingerprint density at radius 3 is 2.65 bits per heavy atom. The number of halogens is 1. The Hall–Kier alpha value is -2.12. The van der Waals surface area contributed by atoms with Gasteiger partial charge in [-0.15, -0.1) is 10.2 Å². The Bertz CT molecular complexity index is 846. The third-order valence-electron chi connectivity index (χ3n) is 6.32. The summed E-state index contributed by atoms with van der Waals surface area (Å²) in [6.45, 7) is 10.9. The van der Waals surface area contributed by atoms with Gasteiger partial charge in [0, 0.05) is 37.1 Å². The van der Waals surface area contributed by atoms with Crippen molar-refractivity contribution < 1.29 is 0 Å². The second kappa shape index (κ2) is 11.5. The van der Waals surface area contributed by atoms with Gasteiger partial charge in [0.15, 0.2) is 11.8 Å². The Kier molecular flexibility index (Phi) is 8.72. The summed E-state index contributed by atoms with van der Waals surface area (Å²) >= 11 is 6.07. The molecular weight excluding hydrogens is 410 g/mol. The van der Waals surface area contributed by atoms with Gasteiger partial charge in [-0.1, -0.05) is 37.6 Å². The van der Waals surface area contributed by atoms with Crippen molar-refractivity contribution in [3.63, 3.8) is 0 Å². The van der Waals surface area contributed by atoms with Crippen LogP contribution < -0.4 is 10.6 Å². The van der Waals surface area contributed by atoms with Crippen LogP contribution in [0.15, 0.2) is 29.3 Å². The number of aryl methyl sites for hydroxylation is 1. The molecule has 0 aliphatic carbocycles. The van der Waals surface area contributed by atoms with Gasteiger partial charge in [0.05, 0.1) is 0 Å². The summed E-state index contributed by atoms with van der Waals surface area (Å²) in [6.07, 6.45) is 3.54. The topological polar surface area (TPSA) is 70.4 Å². The van der Waals surface area contributed by atoms with Crippen LogP contribution in [0.1, 0.15) is 56.2 Å². The highest BCUT2D eigenvalue weighted by Crippen LogP contribution is 2.21. The van der Waals surface area contributed by atoms with E-state index in [2.05, 4.69) is 51.7 Å². The maximum atomic E-state index is 6.07. The lowest BCUT2D eigenvalue weighted by atomic mass is 9.96. The molecule has 1 aromatic carbocycles. The quantitative estimate of drug-likeness (QED) is 0.456. The van der Waals surface area contributed by atoms with Crippen LogP contribution >= 0.6 is 11.6 Å². The van der Waals surface area contributed by atoms with Crippen molar-refractivity contribution in [2.75, 3.05) is 26.2 Å². The molecule has 170 valence electrons. The first-order valence-electron chi connectivity index (χ1n) is 11.4. The lowest BCUT2D eigenvalue weighted by Gasteiger charge is -2.25. The molecule has 8 heteroatoms. The molecule has 2 aromatic rings. The van der Waals surface area contributed by atoms with E-state index >= 15 is 0 Å². The molecule has 7 nitrogen and oxygen atoms in total. The van der Waals surface area contributed by atoms with Crippen molar-refractivity contribution in [2.45, 2.75) is 58.5 Å². The summed E-state index contributed by atoms with van der Waals surface area (Å²) in [7, 11) is 1.98. The lowest BCUT2D eigenvalue weighted by Crippen LogP contribution is -2.45. The largest absolute Gasteiger partial charge is 0.356 e. The molecule has 2 heterocycles. The Balaban J connectivity index is 1.67. The molecule has 1 aromatic heterocycles. The summed E-state index contributed by atoms with van der Waals surface area (Å²) in [5.41, 5.74) is 1.29. The fourth-order valence-corrected chi connectivity index (χ4v) is 4.25. The van der Waals surface area contributed by atoms with Crippen LogP contribution in [0.25, 0.3) is 0 Å². The summed E-state index contributed by atoms with van der Waals surface area (Å²) in [5, 5.41) is 16.3. The fraction of sp³-hybridized carbons (Fsp3) is 0.609. The van der Waals surface area contributed by atoms with E-state index in [0.717, 1.165) is 48.7 Å². The van der Waals surface area contributed by atoms with Crippen LogP contribution in [0.3, 0.4) is 0 Å². The molecule has 1 aliphatic rings. The molecule has 2 unspecified atom stereocenters. The first-order valence-corrected chi connectivity index (χ1v) is 11.8. The van der Waals surface area contributed by atoms with E-state index in [9.17, 15) is 0 Å². The van der Waals surface area contributed by atoms with Crippen LogP contribution in [0.2, 0.25) is 5.02 Å². The van der Waals surface area contributed by atoms with Gasteiger partial charge in [0.1, 0.15) is 12.4 Å². The highest BCUT2D eigenvalue weighted by molar-refractivity contribution is 6.30. The Morgan fingerprint density at radius 1 is 1.23 bits per heavy atom. The first-order chi connectivity index (χ1) is 15.0. The molecule has 0 spiro atoms. The number of hydrogen-bond acceptors (Lipinski definition) is 4. The number of benzene rings is 1. The van der Waals surface area contributed by atoms with E-state index in [1.54, 1.807) is 0 Å². The molecule has 0 saturated carbocycles. The number of guanidine groups is 1. The molecule has 31 heavy (non-hydrogen) atoms. The minimum absolute atomic E-state index is 0.389. The van der Waals surface area contributed by atoms with E-state index < -0.39 is 0 Å². The van der Waals surface area contributed by atoms with E-state index in [4.69, 9.17) is 16.6 Å². The van der Waals surface area contributed by atoms with Gasteiger partial charge in [-0.25, -0.2) is 4.99 Å². The molecule has 2 N–H and O–H groups in total. The number of aliphatic imine (C=N–C) groups is 1. The summed E-state index contributed by atoms with van der Waals surface area (Å²) in [6, 6.07) is 8.71. The van der Waals surface area contributed by atoms with Crippen molar-refractivity contribution in [1.29, 1.82) is 0 Å².